The Bertz CT molecular complexity index is 380. The van der Waals surface area contributed by atoms with Gasteiger partial charge in [0, 0.05) is 17.1 Å². The summed E-state index contributed by atoms with van der Waals surface area (Å²) in [5, 5.41) is 3.25. The Balaban J connectivity index is 2.76. The van der Waals surface area contributed by atoms with Crippen molar-refractivity contribution >= 4 is 17.5 Å². The highest BCUT2D eigenvalue weighted by molar-refractivity contribution is 6.31. The number of nitrogens with two attached hydrogens (primary N) is 1. The molecule has 0 heterocycles. The quantitative estimate of drug-likeness (QED) is 0.837. The summed E-state index contributed by atoms with van der Waals surface area (Å²) in [5.41, 5.74) is 6.18. The van der Waals surface area contributed by atoms with Crippen LogP contribution in [0.4, 0.5) is 0 Å². The van der Waals surface area contributed by atoms with E-state index >= 15 is 0 Å². The van der Waals surface area contributed by atoms with E-state index in [4.69, 9.17) is 22.1 Å². The number of halogens is 1. The molecule has 1 amide bonds. The van der Waals surface area contributed by atoms with Crippen LogP contribution in [0.15, 0.2) is 18.2 Å². The minimum absolute atomic E-state index is 0.220. The summed E-state index contributed by atoms with van der Waals surface area (Å²) >= 11 is 6.01. The van der Waals surface area contributed by atoms with Crippen molar-refractivity contribution in [1.82, 2.24) is 5.32 Å². The Hall–Kier alpha value is -1.26. The molecule has 4 nitrogen and oxygen atoms in total. The predicted molar refractivity (Wildman–Crippen MR) is 63.5 cm³/mol. The van der Waals surface area contributed by atoms with Crippen LogP contribution in [-0.4, -0.2) is 19.1 Å². The van der Waals surface area contributed by atoms with Crippen molar-refractivity contribution in [2.24, 2.45) is 5.73 Å². The third kappa shape index (κ3) is 3.12. The van der Waals surface area contributed by atoms with Gasteiger partial charge in [0.2, 0.25) is 5.91 Å². The van der Waals surface area contributed by atoms with Gasteiger partial charge in [-0.3, -0.25) is 4.79 Å². The number of amides is 1. The Morgan fingerprint density at radius 3 is 2.88 bits per heavy atom. The van der Waals surface area contributed by atoms with Crippen molar-refractivity contribution in [2.45, 2.75) is 19.5 Å². The molecule has 0 aliphatic rings. The molecule has 0 fully saturated rings. The van der Waals surface area contributed by atoms with Crippen molar-refractivity contribution < 1.29 is 9.53 Å². The fourth-order valence-electron chi connectivity index (χ4n) is 1.24. The van der Waals surface area contributed by atoms with Gasteiger partial charge in [0.15, 0.2) is 0 Å². The van der Waals surface area contributed by atoms with Gasteiger partial charge in [0.25, 0.3) is 0 Å². The lowest BCUT2D eigenvalue weighted by molar-refractivity contribution is -0.122. The van der Waals surface area contributed by atoms with Gasteiger partial charge in [-0.05, 0) is 19.1 Å². The van der Waals surface area contributed by atoms with Gasteiger partial charge in [0.05, 0.1) is 13.2 Å². The zero-order valence-corrected chi connectivity index (χ0v) is 10.0. The van der Waals surface area contributed by atoms with Crippen LogP contribution in [0.1, 0.15) is 12.5 Å². The number of ether oxygens (including phenoxy) is 1. The number of hydrogen-bond donors (Lipinski definition) is 2. The second-order valence-corrected chi connectivity index (χ2v) is 3.83. The molecule has 1 rings (SSSR count). The van der Waals surface area contributed by atoms with Gasteiger partial charge in [0.1, 0.15) is 5.75 Å². The first kappa shape index (κ1) is 12.8. The number of carbonyl (C=O) groups excluding carboxylic acids is 1. The van der Waals surface area contributed by atoms with Gasteiger partial charge in [-0.2, -0.15) is 0 Å². The molecule has 0 bridgehead atoms. The van der Waals surface area contributed by atoms with E-state index in [0.717, 1.165) is 5.56 Å². The average molecular weight is 243 g/mol. The van der Waals surface area contributed by atoms with E-state index in [1.54, 1.807) is 32.2 Å². The van der Waals surface area contributed by atoms with Crippen molar-refractivity contribution in [3.63, 3.8) is 0 Å². The molecule has 0 aliphatic carbocycles. The van der Waals surface area contributed by atoms with Crippen LogP contribution in [0.25, 0.3) is 0 Å². The maximum Gasteiger partial charge on any atom is 0.236 e. The highest BCUT2D eigenvalue weighted by Gasteiger charge is 2.11. The summed E-state index contributed by atoms with van der Waals surface area (Å²) in [6.07, 6.45) is 0. The van der Waals surface area contributed by atoms with E-state index in [2.05, 4.69) is 5.32 Å². The second-order valence-electron chi connectivity index (χ2n) is 3.43. The number of hydrogen-bond acceptors (Lipinski definition) is 3. The first-order valence-electron chi connectivity index (χ1n) is 4.91. The SMILES string of the molecule is COc1cccc(Cl)c1CNC(=O)[C@@H](C)N. The van der Waals surface area contributed by atoms with Gasteiger partial charge < -0.3 is 15.8 Å². The van der Waals surface area contributed by atoms with Gasteiger partial charge in [-0.15, -0.1) is 0 Å². The molecule has 0 saturated carbocycles. The number of carbonyl (C=O) groups is 1. The van der Waals surface area contributed by atoms with Gasteiger partial charge in [-0.1, -0.05) is 17.7 Å². The van der Waals surface area contributed by atoms with E-state index in [0.29, 0.717) is 17.3 Å². The zero-order chi connectivity index (χ0) is 12.1. The molecule has 88 valence electrons. The van der Waals surface area contributed by atoms with Crippen LogP contribution < -0.4 is 15.8 Å². The molecule has 0 aliphatic heterocycles. The molecule has 3 N–H and O–H groups in total. The third-order valence-electron chi connectivity index (χ3n) is 2.15. The molecule has 16 heavy (non-hydrogen) atoms. The molecule has 0 unspecified atom stereocenters. The molecule has 1 atom stereocenters. The van der Waals surface area contributed by atoms with Crippen LogP contribution >= 0.6 is 11.6 Å². The Morgan fingerprint density at radius 1 is 1.62 bits per heavy atom. The standard InChI is InChI=1S/C11H15ClN2O2/c1-7(13)11(15)14-6-8-9(12)4-3-5-10(8)16-2/h3-5,7H,6,13H2,1-2H3,(H,14,15)/t7-/m1/s1. The highest BCUT2D eigenvalue weighted by Crippen LogP contribution is 2.25. The first-order chi connectivity index (χ1) is 7.56. The van der Waals surface area contributed by atoms with Crippen molar-refractivity contribution in [2.75, 3.05) is 7.11 Å². The van der Waals surface area contributed by atoms with E-state index in [1.807, 2.05) is 0 Å². The van der Waals surface area contributed by atoms with Gasteiger partial charge >= 0.3 is 0 Å². The largest absolute Gasteiger partial charge is 0.496 e. The number of rotatable bonds is 4. The number of nitrogens with one attached hydrogen (secondary N) is 1. The average Bonchev–Trinajstić information content (AvgIpc) is 2.26. The van der Waals surface area contributed by atoms with E-state index in [-0.39, 0.29) is 5.91 Å². The van der Waals surface area contributed by atoms with E-state index in [1.165, 1.54) is 0 Å². The molecule has 0 saturated heterocycles. The van der Waals surface area contributed by atoms with Crippen LogP contribution in [0, 0.1) is 0 Å². The fraction of sp³-hybridized carbons (Fsp3) is 0.364. The second kappa shape index (κ2) is 5.72. The lowest BCUT2D eigenvalue weighted by atomic mass is 10.2. The Kier molecular flexibility index (Phi) is 4.58. The lowest BCUT2D eigenvalue weighted by Crippen LogP contribution is -2.37. The molecule has 0 radical (unpaired) electrons. The molecule has 1 aromatic rings. The maximum atomic E-state index is 11.3. The summed E-state index contributed by atoms with van der Waals surface area (Å²) in [6, 6.07) is 4.79. The molecular formula is C11H15ClN2O2. The van der Waals surface area contributed by atoms with Crippen molar-refractivity contribution in [1.29, 1.82) is 0 Å². The normalized spacial score (nSPS) is 12.0. The molecule has 0 aromatic heterocycles. The minimum atomic E-state index is -0.534. The number of methoxy groups -OCH3 is 1. The Morgan fingerprint density at radius 2 is 2.31 bits per heavy atom. The highest BCUT2D eigenvalue weighted by atomic mass is 35.5. The summed E-state index contributed by atoms with van der Waals surface area (Å²) in [7, 11) is 1.56. The van der Waals surface area contributed by atoms with Crippen molar-refractivity contribution in [3.8, 4) is 5.75 Å². The van der Waals surface area contributed by atoms with E-state index in [9.17, 15) is 4.79 Å². The molecule has 0 spiro atoms. The molecular weight excluding hydrogens is 228 g/mol. The third-order valence-corrected chi connectivity index (χ3v) is 2.50. The van der Waals surface area contributed by atoms with Crippen molar-refractivity contribution in [3.05, 3.63) is 28.8 Å². The fourth-order valence-corrected chi connectivity index (χ4v) is 1.47. The summed E-state index contributed by atoms with van der Waals surface area (Å²) in [6.45, 7) is 1.93. The monoisotopic (exact) mass is 242 g/mol. The van der Waals surface area contributed by atoms with E-state index < -0.39 is 6.04 Å². The van der Waals surface area contributed by atoms with Crippen LogP contribution in [-0.2, 0) is 11.3 Å². The number of benzene rings is 1. The summed E-state index contributed by atoms with van der Waals surface area (Å²) < 4.78 is 5.15. The van der Waals surface area contributed by atoms with Gasteiger partial charge in [-0.25, -0.2) is 0 Å². The smallest absolute Gasteiger partial charge is 0.236 e. The summed E-state index contributed by atoms with van der Waals surface area (Å²) in [5.74, 6) is 0.430. The topological polar surface area (TPSA) is 64.3 Å². The Labute approximate surface area is 99.7 Å². The van der Waals surface area contributed by atoms with Crippen LogP contribution in [0.2, 0.25) is 5.02 Å². The van der Waals surface area contributed by atoms with Crippen LogP contribution in [0.3, 0.4) is 0 Å². The first-order valence-corrected chi connectivity index (χ1v) is 5.28. The van der Waals surface area contributed by atoms with Crippen LogP contribution in [0.5, 0.6) is 5.75 Å². The maximum absolute atomic E-state index is 11.3. The molecule has 1 aromatic carbocycles. The lowest BCUT2D eigenvalue weighted by Gasteiger charge is -2.12. The zero-order valence-electron chi connectivity index (χ0n) is 9.29. The molecule has 5 heteroatoms. The minimum Gasteiger partial charge on any atom is -0.496 e. The predicted octanol–water partition coefficient (Wildman–Crippen LogP) is 1.31. The summed E-state index contributed by atoms with van der Waals surface area (Å²) in [4.78, 5) is 11.3.